The second-order valence-electron chi connectivity index (χ2n) is 9.26. The third-order valence-electron chi connectivity index (χ3n) is 6.57. The third kappa shape index (κ3) is 6.00. The van der Waals surface area contributed by atoms with Crippen LogP contribution in [0.1, 0.15) is 22.3 Å². The number of rotatable bonds is 9. The fourth-order valence-electron chi connectivity index (χ4n) is 4.53. The molecule has 9 nitrogen and oxygen atoms in total. The molecule has 0 saturated carbocycles. The number of carbonyl (C=O) groups excluding carboxylic acids is 2. The molecule has 2 atom stereocenters. The van der Waals surface area contributed by atoms with Gasteiger partial charge in [0.1, 0.15) is 5.75 Å². The van der Waals surface area contributed by atoms with Gasteiger partial charge in [-0.05, 0) is 65.9 Å². The first-order valence-corrected chi connectivity index (χ1v) is 11.9. The highest BCUT2D eigenvalue weighted by atomic mass is 16.5. The number of benzene rings is 3. The number of allylic oxidation sites excluding steroid dienone is 1. The van der Waals surface area contributed by atoms with Crippen molar-refractivity contribution in [1.82, 2.24) is 0 Å². The maximum atomic E-state index is 12.5. The van der Waals surface area contributed by atoms with Gasteiger partial charge < -0.3 is 35.0 Å². The van der Waals surface area contributed by atoms with E-state index in [9.17, 15) is 35.1 Å². The van der Waals surface area contributed by atoms with Gasteiger partial charge in [-0.15, -0.1) is 0 Å². The number of hydrogen-bond donors (Lipinski definition) is 5. The van der Waals surface area contributed by atoms with Crippen molar-refractivity contribution in [3.05, 3.63) is 76.9 Å². The molecule has 0 aliphatic carbocycles. The molecule has 1 aliphatic heterocycles. The summed E-state index contributed by atoms with van der Waals surface area (Å²) in [5.74, 6) is -2.68. The Hall–Kier alpha value is -4.66. The van der Waals surface area contributed by atoms with Gasteiger partial charge in [-0.25, -0.2) is 0 Å². The van der Waals surface area contributed by atoms with Crippen LogP contribution in [0.4, 0.5) is 0 Å². The van der Waals surface area contributed by atoms with Gasteiger partial charge in [0.2, 0.25) is 0 Å². The first-order chi connectivity index (χ1) is 18.1. The zero-order valence-electron chi connectivity index (χ0n) is 20.6. The van der Waals surface area contributed by atoms with Crippen molar-refractivity contribution >= 4 is 17.8 Å². The lowest BCUT2D eigenvalue weighted by molar-refractivity contribution is -0.141. The molecule has 38 heavy (non-hydrogen) atoms. The number of esters is 1. The smallest absolute Gasteiger partial charge is 0.309 e. The standard InChI is InChI=1S/C29H28O9/c1-37-27-13-17(2-5-19(27)14-21(30)6-3-16-4-7-23(31)24(32)10-16)9-22-20(15-38-29(22)36)8-18-11-25(33)28(35)26(34)12-18/h2-7,10-13,20,22,31-35H,8-9,14-15H2,1H3/t20-,22-/m0/s1. The maximum absolute atomic E-state index is 12.5. The molecule has 0 spiro atoms. The predicted molar refractivity (Wildman–Crippen MR) is 137 cm³/mol. The Balaban J connectivity index is 1.44. The zero-order chi connectivity index (χ0) is 27.4. The van der Waals surface area contributed by atoms with Crippen molar-refractivity contribution in [2.24, 2.45) is 11.8 Å². The highest BCUT2D eigenvalue weighted by molar-refractivity contribution is 5.95. The minimum Gasteiger partial charge on any atom is -0.504 e. The molecule has 0 bridgehead atoms. The van der Waals surface area contributed by atoms with Crippen molar-refractivity contribution in [1.29, 1.82) is 0 Å². The number of ketones is 1. The van der Waals surface area contributed by atoms with E-state index in [0.29, 0.717) is 35.3 Å². The van der Waals surface area contributed by atoms with E-state index in [2.05, 4.69) is 0 Å². The average molecular weight is 521 g/mol. The SMILES string of the molecule is COc1cc(C[C@@H]2C(=O)OC[C@@H]2Cc2cc(O)c(O)c(O)c2)ccc1CC(=O)C=Cc1ccc(O)c(O)c1. The van der Waals surface area contributed by atoms with Gasteiger partial charge in [0.15, 0.2) is 34.5 Å². The van der Waals surface area contributed by atoms with Crippen LogP contribution in [0.2, 0.25) is 0 Å². The number of ether oxygens (including phenoxy) is 2. The summed E-state index contributed by atoms with van der Waals surface area (Å²) in [5, 5.41) is 48.2. The molecule has 9 heteroatoms. The number of hydrogen-bond acceptors (Lipinski definition) is 9. The average Bonchev–Trinajstić information content (AvgIpc) is 3.22. The molecule has 1 fully saturated rings. The second kappa shape index (κ2) is 11.2. The quantitative estimate of drug-likeness (QED) is 0.162. The Kier molecular flexibility index (Phi) is 7.76. The summed E-state index contributed by atoms with van der Waals surface area (Å²) >= 11 is 0. The fourth-order valence-corrected chi connectivity index (χ4v) is 4.53. The van der Waals surface area contributed by atoms with Gasteiger partial charge in [-0.3, -0.25) is 9.59 Å². The van der Waals surface area contributed by atoms with Gasteiger partial charge in [0, 0.05) is 17.9 Å². The van der Waals surface area contributed by atoms with E-state index in [4.69, 9.17) is 9.47 Å². The largest absolute Gasteiger partial charge is 0.504 e. The molecule has 1 saturated heterocycles. The van der Waals surface area contributed by atoms with Gasteiger partial charge in [0.25, 0.3) is 0 Å². The number of phenolic OH excluding ortho intramolecular Hbond substituents is 5. The molecular weight excluding hydrogens is 492 g/mol. The Morgan fingerprint density at radius 3 is 2.34 bits per heavy atom. The molecule has 1 aliphatic rings. The molecule has 0 amide bonds. The van der Waals surface area contributed by atoms with Crippen LogP contribution in [-0.4, -0.2) is 51.0 Å². The van der Waals surface area contributed by atoms with Crippen LogP contribution in [0.3, 0.4) is 0 Å². The van der Waals surface area contributed by atoms with Gasteiger partial charge in [-0.1, -0.05) is 24.3 Å². The summed E-state index contributed by atoms with van der Waals surface area (Å²) in [6.07, 6.45) is 3.73. The second-order valence-corrected chi connectivity index (χ2v) is 9.26. The van der Waals surface area contributed by atoms with Crippen molar-refractivity contribution in [3.63, 3.8) is 0 Å². The van der Waals surface area contributed by atoms with Crippen molar-refractivity contribution < 1.29 is 44.6 Å². The van der Waals surface area contributed by atoms with E-state index in [-0.39, 0.29) is 42.2 Å². The van der Waals surface area contributed by atoms with Gasteiger partial charge >= 0.3 is 5.97 Å². The normalized spacial score (nSPS) is 17.0. The molecular formula is C29H28O9. The first-order valence-electron chi connectivity index (χ1n) is 11.9. The molecule has 198 valence electrons. The number of carbonyl (C=O) groups is 2. The lowest BCUT2D eigenvalue weighted by Gasteiger charge is -2.17. The molecule has 0 unspecified atom stereocenters. The zero-order valence-corrected chi connectivity index (χ0v) is 20.6. The van der Waals surface area contributed by atoms with Crippen LogP contribution in [0, 0.1) is 11.8 Å². The minimum atomic E-state index is -0.593. The topological polar surface area (TPSA) is 154 Å². The summed E-state index contributed by atoms with van der Waals surface area (Å²) in [6, 6.07) is 12.3. The molecule has 3 aromatic carbocycles. The molecule has 1 heterocycles. The summed E-state index contributed by atoms with van der Waals surface area (Å²) in [4.78, 5) is 25.0. The van der Waals surface area contributed by atoms with E-state index in [0.717, 1.165) is 5.56 Å². The highest BCUT2D eigenvalue weighted by Gasteiger charge is 2.37. The number of cyclic esters (lactones) is 1. The molecule has 0 aromatic heterocycles. The fraction of sp³-hybridized carbons (Fsp3) is 0.241. The molecule has 5 N–H and O–H groups in total. The third-order valence-corrected chi connectivity index (χ3v) is 6.57. The number of phenols is 5. The van der Waals surface area contributed by atoms with E-state index >= 15 is 0 Å². The van der Waals surface area contributed by atoms with Crippen molar-refractivity contribution in [2.45, 2.75) is 19.3 Å². The summed E-state index contributed by atoms with van der Waals surface area (Å²) in [6.45, 7) is 0.195. The van der Waals surface area contributed by atoms with Crippen LogP contribution < -0.4 is 4.74 Å². The van der Waals surface area contributed by atoms with Crippen LogP contribution in [0.15, 0.2) is 54.6 Å². The van der Waals surface area contributed by atoms with Gasteiger partial charge in [0.05, 0.1) is 19.6 Å². The Bertz CT molecular complexity index is 1370. The van der Waals surface area contributed by atoms with Gasteiger partial charge in [-0.2, -0.15) is 0 Å². The Morgan fingerprint density at radius 1 is 0.921 bits per heavy atom. The lowest BCUT2D eigenvalue weighted by atomic mass is 9.84. The van der Waals surface area contributed by atoms with Crippen molar-refractivity contribution in [2.75, 3.05) is 13.7 Å². The van der Waals surface area contributed by atoms with Crippen molar-refractivity contribution in [3.8, 4) is 34.5 Å². The van der Waals surface area contributed by atoms with Crippen LogP contribution in [-0.2, 0) is 33.6 Å². The predicted octanol–water partition coefficient (Wildman–Crippen LogP) is 3.62. The Morgan fingerprint density at radius 2 is 1.66 bits per heavy atom. The first kappa shape index (κ1) is 26.4. The Labute approximate surface area is 218 Å². The van der Waals surface area contributed by atoms with Crippen LogP contribution in [0.5, 0.6) is 34.5 Å². The minimum absolute atomic E-state index is 0.0754. The molecule has 3 aromatic rings. The summed E-state index contributed by atoms with van der Waals surface area (Å²) < 4.78 is 10.8. The number of aromatic hydroxyl groups is 5. The lowest BCUT2D eigenvalue weighted by Crippen LogP contribution is -2.20. The maximum Gasteiger partial charge on any atom is 0.309 e. The summed E-state index contributed by atoms with van der Waals surface area (Å²) in [5.41, 5.74) is 2.61. The van der Waals surface area contributed by atoms with E-state index in [1.807, 2.05) is 6.07 Å². The monoisotopic (exact) mass is 520 g/mol. The van der Waals surface area contributed by atoms with E-state index in [1.165, 1.54) is 37.5 Å². The number of methoxy groups -OCH3 is 1. The highest BCUT2D eigenvalue weighted by Crippen LogP contribution is 2.38. The molecule has 4 rings (SSSR count). The van der Waals surface area contributed by atoms with Crippen LogP contribution in [0.25, 0.3) is 6.08 Å². The van der Waals surface area contributed by atoms with Crippen LogP contribution >= 0.6 is 0 Å². The van der Waals surface area contributed by atoms with E-state index in [1.54, 1.807) is 24.3 Å². The summed E-state index contributed by atoms with van der Waals surface area (Å²) in [7, 11) is 1.50. The van der Waals surface area contributed by atoms with E-state index < -0.39 is 23.2 Å². The molecule has 0 radical (unpaired) electrons.